The number of pyridine rings is 1. The number of guanidine groups is 1. The van der Waals surface area contributed by atoms with Crippen molar-refractivity contribution in [2.24, 2.45) is 10.9 Å². The molecule has 0 fully saturated rings. The van der Waals surface area contributed by atoms with Crippen LogP contribution in [-0.2, 0) is 6.54 Å². The molecule has 1 heterocycles. The first-order valence-electron chi connectivity index (χ1n) is 6.98. The van der Waals surface area contributed by atoms with E-state index in [2.05, 4.69) is 46.6 Å². The van der Waals surface area contributed by atoms with Gasteiger partial charge in [-0.1, -0.05) is 38.1 Å². The molecule has 0 saturated heterocycles. The third kappa shape index (κ3) is 3.70. The van der Waals surface area contributed by atoms with Crippen molar-refractivity contribution in [3.05, 3.63) is 42.2 Å². The van der Waals surface area contributed by atoms with Crippen molar-refractivity contribution in [2.45, 2.75) is 20.4 Å². The lowest BCUT2D eigenvalue weighted by Crippen LogP contribution is -2.38. The number of hydrogen-bond acceptors (Lipinski definition) is 2. The second kappa shape index (κ2) is 6.89. The summed E-state index contributed by atoms with van der Waals surface area (Å²) in [6, 6.07) is 10.3. The third-order valence-corrected chi connectivity index (χ3v) is 3.08. The van der Waals surface area contributed by atoms with Crippen molar-refractivity contribution in [3.63, 3.8) is 0 Å². The van der Waals surface area contributed by atoms with Crippen LogP contribution in [0, 0.1) is 5.92 Å². The maximum atomic E-state index is 4.46. The predicted molar refractivity (Wildman–Crippen MR) is 84.8 cm³/mol. The first-order chi connectivity index (χ1) is 9.70. The molecular formula is C16H22N4. The lowest BCUT2D eigenvalue weighted by molar-refractivity contribution is 0.614. The quantitative estimate of drug-likeness (QED) is 0.663. The Morgan fingerprint density at radius 2 is 2.00 bits per heavy atom. The van der Waals surface area contributed by atoms with Crippen LogP contribution >= 0.6 is 0 Å². The first-order valence-corrected chi connectivity index (χ1v) is 6.98. The van der Waals surface area contributed by atoms with Gasteiger partial charge in [0.15, 0.2) is 5.96 Å². The number of hydrogen-bond donors (Lipinski definition) is 2. The van der Waals surface area contributed by atoms with Crippen molar-refractivity contribution in [2.75, 3.05) is 13.6 Å². The van der Waals surface area contributed by atoms with E-state index in [9.17, 15) is 0 Å². The Bertz CT molecular complexity index is 585. The fourth-order valence-electron chi connectivity index (χ4n) is 2.01. The number of nitrogens with zero attached hydrogens (tertiary/aromatic N) is 2. The Morgan fingerprint density at radius 1 is 1.20 bits per heavy atom. The van der Waals surface area contributed by atoms with Crippen LogP contribution in [0.2, 0.25) is 0 Å². The number of fused-ring (bicyclic) bond motifs is 1. The smallest absolute Gasteiger partial charge is 0.191 e. The SMILES string of the molecule is CN=C(NCc1nccc2ccccc12)NCC(C)C. The van der Waals surface area contributed by atoms with Crippen LogP contribution in [0.25, 0.3) is 10.8 Å². The molecule has 0 aliphatic carbocycles. The van der Waals surface area contributed by atoms with Gasteiger partial charge in [0.25, 0.3) is 0 Å². The van der Waals surface area contributed by atoms with E-state index >= 15 is 0 Å². The van der Waals surface area contributed by atoms with E-state index in [1.807, 2.05) is 24.4 Å². The fourth-order valence-corrected chi connectivity index (χ4v) is 2.01. The van der Waals surface area contributed by atoms with Crippen molar-refractivity contribution in [1.82, 2.24) is 15.6 Å². The number of aliphatic imine (C=N–C) groups is 1. The highest BCUT2D eigenvalue weighted by Gasteiger charge is 2.04. The van der Waals surface area contributed by atoms with Crippen LogP contribution < -0.4 is 10.6 Å². The van der Waals surface area contributed by atoms with E-state index in [1.54, 1.807) is 7.05 Å². The summed E-state index contributed by atoms with van der Waals surface area (Å²) in [5.41, 5.74) is 1.04. The second-order valence-electron chi connectivity index (χ2n) is 5.18. The molecule has 0 radical (unpaired) electrons. The molecule has 1 aromatic carbocycles. The molecule has 4 heteroatoms. The summed E-state index contributed by atoms with van der Waals surface area (Å²) < 4.78 is 0. The van der Waals surface area contributed by atoms with E-state index in [0.717, 1.165) is 18.2 Å². The molecule has 2 N–H and O–H groups in total. The molecule has 4 nitrogen and oxygen atoms in total. The summed E-state index contributed by atoms with van der Waals surface area (Å²) in [5, 5.41) is 9.00. The summed E-state index contributed by atoms with van der Waals surface area (Å²) in [6.07, 6.45) is 1.85. The van der Waals surface area contributed by atoms with Gasteiger partial charge >= 0.3 is 0 Å². The molecule has 0 unspecified atom stereocenters. The van der Waals surface area contributed by atoms with Crippen LogP contribution in [-0.4, -0.2) is 24.5 Å². The second-order valence-corrected chi connectivity index (χ2v) is 5.18. The zero-order chi connectivity index (χ0) is 14.4. The average Bonchev–Trinajstić information content (AvgIpc) is 2.47. The van der Waals surface area contributed by atoms with Gasteiger partial charge in [-0.05, 0) is 17.4 Å². The predicted octanol–water partition coefficient (Wildman–Crippen LogP) is 2.56. The molecule has 0 saturated carbocycles. The lowest BCUT2D eigenvalue weighted by atomic mass is 10.1. The minimum atomic E-state index is 0.587. The summed E-state index contributed by atoms with van der Waals surface area (Å²) in [4.78, 5) is 8.68. The highest BCUT2D eigenvalue weighted by molar-refractivity contribution is 5.85. The highest BCUT2D eigenvalue weighted by Crippen LogP contribution is 2.15. The molecule has 0 amide bonds. The maximum absolute atomic E-state index is 4.46. The number of benzene rings is 1. The van der Waals surface area contributed by atoms with Gasteiger partial charge in [0.05, 0.1) is 12.2 Å². The number of rotatable bonds is 4. The van der Waals surface area contributed by atoms with Crippen molar-refractivity contribution in [3.8, 4) is 0 Å². The van der Waals surface area contributed by atoms with Crippen molar-refractivity contribution < 1.29 is 0 Å². The van der Waals surface area contributed by atoms with Gasteiger partial charge in [-0.2, -0.15) is 0 Å². The van der Waals surface area contributed by atoms with Crippen molar-refractivity contribution >= 4 is 16.7 Å². The molecule has 0 aliphatic rings. The summed E-state index contributed by atoms with van der Waals surface area (Å²) >= 11 is 0. The Labute approximate surface area is 120 Å². The largest absolute Gasteiger partial charge is 0.356 e. The summed E-state index contributed by atoms with van der Waals surface area (Å²) in [7, 11) is 1.78. The van der Waals surface area contributed by atoms with E-state index in [0.29, 0.717) is 12.5 Å². The molecule has 1 aromatic heterocycles. The Morgan fingerprint density at radius 3 is 2.75 bits per heavy atom. The number of nitrogens with one attached hydrogen (secondary N) is 2. The first kappa shape index (κ1) is 14.3. The molecule has 20 heavy (non-hydrogen) atoms. The molecule has 2 aromatic rings. The third-order valence-electron chi connectivity index (χ3n) is 3.08. The zero-order valence-corrected chi connectivity index (χ0v) is 12.4. The van der Waals surface area contributed by atoms with E-state index in [4.69, 9.17) is 0 Å². The normalized spacial score (nSPS) is 11.9. The van der Waals surface area contributed by atoms with Crippen LogP contribution in [0.15, 0.2) is 41.5 Å². The zero-order valence-electron chi connectivity index (χ0n) is 12.4. The molecule has 106 valence electrons. The van der Waals surface area contributed by atoms with E-state index in [-0.39, 0.29) is 0 Å². The summed E-state index contributed by atoms with van der Waals surface area (Å²) in [6.45, 7) is 5.92. The topological polar surface area (TPSA) is 49.3 Å². The molecule has 0 spiro atoms. The van der Waals surface area contributed by atoms with Crippen LogP contribution in [0.3, 0.4) is 0 Å². The summed E-state index contributed by atoms with van der Waals surface area (Å²) in [5.74, 6) is 1.40. The maximum Gasteiger partial charge on any atom is 0.191 e. The Kier molecular flexibility index (Phi) is 4.93. The molecular weight excluding hydrogens is 248 g/mol. The molecule has 0 atom stereocenters. The van der Waals surface area contributed by atoms with Crippen molar-refractivity contribution in [1.29, 1.82) is 0 Å². The Hall–Kier alpha value is -2.10. The van der Waals surface area contributed by atoms with E-state index in [1.165, 1.54) is 10.8 Å². The fraction of sp³-hybridized carbons (Fsp3) is 0.375. The molecule has 2 rings (SSSR count). The van der Waals surface area contributed by atoms with Gasteiger partial charge in [-0.15, -0.1) is 0 Å². The van der Waals surface area contributed by atoms with Crippen LogP contribution in [0.4, 0.5) is 0 Å². The van der Waals surface area contributed by atoms with E-state index < -0.39 is 0 Å². The average molecular weight is 270 g/mol. The standard InChI is InChI=1S/C16H22N4/c1-12(2)10-19-16(17-3)20-11-15-14-7-5-4-6-13(14)8-9-18-15/h4-9,12H,10-11H2,1-3H3,(H2,17,19,20). The van der Waals surface area contributed by atoms with Gasteiger partial charge in [0, 0.05) is 25.2 Å². The van der Waals surface area contributed by atoms with Crippen LogP contribution in [0.5, 0.6) is 0 Å². The van der Waals surface area contributed by atoms with Crippen LogP contribution in [0.1, 0.15) is 19.5 Å². The number of aromatic nitrogens is 1. The van der Waals surface area contributed by atoms with Gasteiger partial charge in [-0.25, -0.2) is 0 Å². The minimum absolute atomic E-state index is 0.587. The molecule has 0 aliphatic heterocycles. The monoisotopic (exact) mass is 270 g/mol. The highest BCUT2D eigenvalue weighted by atomic mass is 15.2. The van der Waals surface area contributed by atoms with Gasteiger partial charge < -0.3 is 10.6 Å². The van der Waals surface area contributed by atoms with Gasteiger partial charge in [0.1, 0.15) is 0 Å². The lowest BCUT2D eigenvalue weighted by Gasteiger charge is -2.13. The minimum Gasteiger partial charge on any atom is -0.356 e. The Balaban J connectivity index is 2.05. The van der Waals surface area contributed by atoms with Gasteiger partial charge in [0.2, 0.25) is 0 Å². The molecule has 0 bridgehead atoms. The van der Waals surface area contributed by atoms with Gasteiger partial charge in [-0.3, -0.25) is 9.98 Å².